The van der Waals surface area contributed by atoms with E-state index in [1.165, 1.54) is 16.7 Å². The predicted octanol–water partition coefficient (Wildman–Crippen LogP) is 5.42. The molecule has 0 aromatic heterocycles. The quantitative estimate of drug-likeness (QED) is 0.620. The number of hydrogen-bond acceptors (Lipinski definition) is 1. The third kappa shape index (κ3) is 4.08. The van der Waals surface area contributed by atoms with Crippen molar-refractivity contribution in [2.45, 2.75) is 13.3 Å². The molecule has 0 heterocycles. The second-order valence-corrected chi connectivity index (χ2v) is 5.56. The number of benzene rings is 3. The summed E-state index contributed by atoms with van der Waals surface area (Å²) < 4.78 is 0. The lowest BCUT2D eigenvalue weighted by Crippen LogP contribution is -2.06. The molecule has 0 saturated heterocycles. The van der Waals surface area contributed by atoms with Gasteiger partial charge < -0.3 is 0 Å². The summed E-state index contributed by atoms with van der Waals surface area (Å²) in [7, 11) is 0. The van der Waals surface area contributed by atoms with E-state index >= 15 is 0 Å². The first-order valence-electron chi connectivity index (χ1n) is 7.52. The van der Waals surface area contributed by atoms with E-state index in [2.05, 4.69) is 49.4 Å². The normalized spacial score (nSPS) is 9.96. The molecule has 3 aromatic rings. The van der Waals surface area contributed by atoms with E-state index in [1.807, 2.05) is 36.4 Å². The van der Waals surface area contributed by atoms with Crippen LogP contribution in [0.5, 0.6) is 0 Å². The molecule has 0 unspecified atom stereocenters. The fraction of sp³-hybridized carbons (Fsp3) is 0.0952. The van der Waals surface area contributed by atoms with E-state index in [9.17, 15) is 0 Å². The topological polar surface area (TPSA) is 23.9 Å². The Morgan fingerprint density at radius 1 is 0.826 bits per heavy atom. The van der Waals surface area contributed by atoms with Gasteiger partial charge in [0.15, 0.2) is 0 Å². The van der Waals surface area contributed by atoms with Crippen LogP contribution in [0.4, 0.5) is 0 Å². The number of rotatable bonds is 4. The van der Waals surface area contributed by atoms with Gasteiger partial charge in [-0.3, -0.25) is 5.41 Å². The maximum absolute atomic E-state index is 8.57. The summed E-state index contributed by atoms with van der Waals surface area (Å²) in [4.78, 5) is 0. The van der Waals surface area contributed by atoms with Crippen LogP contribution in [0.1, 0.15) is 27.8 Å². The van der Waals surface area contributed by atoms with E-state index in [-0.39, 0.29) is 12.4 Å². The molecule has 1 nitrogen and oxygen atoms in total. The molecule has 0 aliphatic rings. The molecule has 0 aliphatic carbocycles. The maximum atomic E-state index is 8.57. The van der Waals surface area contributed by atoms with Crippen molar-refractivity contribution >= 4 is 18.1 Å². The Bertz CT molecular complexity index is 794. The molecule has 0 bridgehead atoms. The fourth-order valence-corrected chi connectivity index (χ4v) is 2.69. The summed E-state index contributed by atoms with van der Waals surface area (Å²) in [6.45, 7) is 2.06. The Morgan fingerprint density at radius 3 is 2.26 bits per heavy atom. The summed E-state index contributed by atoms with van der Waals surface area (Å²) in [6, 6.07) is 26.8. The molecule has 0 aliphatic heterocycles. The summed E-state index contributed by atoms with van der Waals surface area (Å²) in [5.41, 5.74) is 6.22. The van der Waals surface area contributed by atoms with Gasteiger partial charge in [0.2, 0.25) is 0 Å². The van der Waals surface area contributed by atoms with Crippen LogP contribution in [0.25, 0.3) is 0 Å². The van der Waals surface area contributed by atoms with Crippen molar-refractivity contribution < 1.29 is 0 Å². The van der Waals surface area contributed by atoms with Gasteiger partial charge in [0.25, 0.3) is 0 Å². The monoisotopic (exact) mass is 321 g/mol. The molecule has 0 fully saturated rings. The van der Waals surface area contributed by atoms with Crippen LogP contribution in [-0.4, -0.2) is 5.71 Å². The molecule has 0 spiro atoms. The molecule has 0 saturated carbocycles. The van der Waals surface area contributed by atoms with E-state index in [1.54, 1.807) is 0 Å². The first-order chi connectivity index (χ1) is 10.7. The zero-order chi connectivity index (χ0) is 15.4. The molecule has 116 valence electrons. The second-order valence-electron chi connectivity index (χ2n) is 5.56. The minimum absolute atomic E-state index is 0. The van der Waals surface area contributed by atoms with Crippen molar-refractivity contribution in [3.63, 3.8) is 0 Å². The lowest BCUT2D eigenvalue weighted by Gasteiger charge is -2.11. The van der Waals surface area contributed by atoms with Gasteiger partial charge >= 0.3 is 0 Å². The summed E-state index contributed by atoms with van der Waals surface area (Å²) in [5, 5.41) is 8.57. The molecule has 1 N–H and O–H groups in total. The van der Waals surface area contributed by atoms with Gasteiger partial charge in [-0.25, -0.2) is 0 Å². The van der Waals surface area contributed by atoms with E-state index < -0.39 is 0 Å². The fourth-order valence-electron chi connectivity index (χ4n) is 2.69. The first kappa shape index (κ1) is 17.0. The molecule has 23 heavy (non-hydrogen) atoms. The van der Waals surface area contributed by atoms with Crippen LogP contribution < -0.4 is 0 Å². The maximum Gasteiger partial charge on any atom is 0.0687 e. The zero-order valence-electron chi connectivity index (χ0n) is 13.1. The zero-order valence-corrected chi connectivity index (χ0v) is 13.9. The van der Waals surface area contributed by atoms with Gasteiger partial charge in [-0.15, -0.1) is 12.4 Å². The predicted molar refractivity (Wildman–Crippen MR) is 100 cm³/mol. The van der Waals surface area contributed by atoms with Crippen molar-refractivity contribution in [1.29, 1.82) is 5.41 Å². The number of nitrogens with one attached hydrogen (secondary N) is 1. The molecule has 2 heteroatoms. The Labute approximate surface area is 143 Å². The van der Waals surface area contributed by atoms with Crippen molar-refractivity contribution in [3.05, 3.63) is 107 Å². The molecular formula is C21H20ClN. The van der Waals surface area contributed by atoms with E-state index in [4.69, 9.17) is 5.41 Å². The van der Waals surface area contributed by atoms with Gasteiger partial charge in [-0.2, -0.15) is 0 Å². The highest BCUT2D eigenvalue weighted by Crippen LogP contribution is 2.18. The lowest BCUT2D eigenvalue weighted by molar-refractivity contribution is 1.18. The average Bonchev–Trinajstić information content (AvgIpc) is 2.56. The van der Waals surface area contributed by atoms with Crippen LogP contribution >= 0.6 is 12.4 Å². The molecular weight excluding hydrogens is 302 g/mol. The smallest absolute Gasteiger partial charge is 0.0687 e. The molecule has 0 amide bonds. The Hall–Kier alpha value is -2.38. The molecule has 3 rings (SSSR count). The average molecular weight is 322 g/mol. The van der Waals surface area contributed by atoms with Gasteiger partial charge in [0, 0.05) is 11.1 Å². The van der Waals surface area contributed by atoms with Gasteiger partial charge in [0.05, 0.1) is 5.71 Å². The van der Waals surface area contributed by atoms with E-state index in [0.29, 0.717) is 5.71 Å². The van der Waals surface area contributed by atoms with Gasteiger partial charge in [-0.1, -0.05) is 78.4 Å². The number of aryl methyl sites for hydroxylation is 1. The standard InChI is InChI=1S/C21H19N.ClH/c1-16-8-7-12-19(14-16)21(22)20-13-6-5-11-18(20)15-17-9-3-2-4-10-17;/h2-14,22H,15H2,1H3;1H. The Morgan fingerprint density at radius 2 is 1.52 bits per heavy atom. The van der Waals surface area contributed by atoms with Crippen LogP contribution in [0.15, 0.2) is 78.9 Å². The molecule has 3 aromatic carbocycles. The lowest BCUT2D eigenvalue weighted by atomic mass is 9.93. The summed E-state index contributed by atoms with van der Waals surface area (Å²) in [5.74, 6) is 0. The number of hydrogen-bond donors (Lipinski definition) is 1. The van der Waals surface area contributed by atoms with Crippen molar-refractivity contribution in [2.75, 3.05) is 0 Å². The molecule has 0 atom stereocenters. The minimum Gasteiger partial charge on any atom is -0.300 e. The Balaban J connectivity index is 0.00000192. The van der Waals surface area contributed by atoms with E-state index in [0.717, 1.165) is 17.5 Å². The van der Waals surface area contributed by atoms with Crippen LogP contribution in [0.3, 0.4) is 0 Å². The van der Waals surface area contributed by atoms with Crippen LogP contribution in [-0.2, 0) is 6.42 Å². The second kappa shape index (κ2) is 7.75. The third-order valence-corrected chi connectivity index (χ3v) is 3.83. The van der Waals surface area contributed by atoms with Gasteiger partial charge in [-0.05, 0) is 30.5 Å². The van der Waals surface area contributed by atoms with Crippen molar-refractivity contribution in [1.82, 2.24) is 0 Å². The first-order valence-corrected chi connectivity index (χ1v) is 7.52. The summed E-state index contributed by atoms with van der Waals surface area (Å²) in [6.07, 6.45) is 0.852. The van der Waals surface area contributed by atoms with Crippen molar-refractivity contribution in [2.24, 2.45) is 0 Å². The van der Waals surface area contributed by atoms with Crippen LogP contribution in [0.2, 0.25) is 0 Å². The highest BCUT2D eigenvalue weighted by atomic mass is 35.5. The van der Waals surface area contributed by atoms with Crippen LogP contribution in [0, 0.1) is 12.3 Å². The molecule has 0 radical (unpaired) electrons. The SMILES string of the molecule is Cc1cccc(C(=N)c2ccccc2Cc2ccccc2)c1.Cl. The number of halogens is 1. The largest absolute Gasteiger partial charge is 0.300 e. The van der Waals surface area contributed by atoms with Gasteiger partial charge in [0.1, 0.15) is 0 Å². The highest BCUT2D eigenvalue weighted by molar-refractivity contribution is 6.11. The Kier molecular flexibility index (Phi) is 5.72. The van der Waals surface area contributed by atoms with Crippen molar-refractivity contribution in [3.8, 4) is 0 Å². The highest BCUT2D eigenvalue weighted by Gasteiger charge is 2.10. The third-order valence-electron chi connectivity index (χ3n) is 3.83. The minimum atomic E-state index is 0. The summed E-state index contributed by atoms with van der Waals surface area (Å²) >= 11 is 0.